The molecule has 0 aliphatic rings. The Bertz CT molecular complexity index is 994. The minimum absolute atomic E-state index is 0.0951. The number of amides is 1. The van der Waals surface area contributed by atoms with Crippen LogP contribution in [0.5, 0.6) is 0 Å². The van der Waals surface area contributed by atoms with Gasteiger partial charge in [-0.2, -0.15) is 0 Å². The van der Waals surface area contributed by atoms with Gasteiger partial charge in [0.1, 0.15) is 0 Å². The van der Waals surface area contributed by atoms with Crippen molar-refractivity contribution in [3.63, 3.8) is 0 Å². The van der Waals surface area contributed by atoms with Crippen LogP contribution in [0.2, 0.25) is 0 Å². The second kappa shape index (κ2) is 4.77. The Morgan fingerprint density at radius 3 is 2.91 bits per heavy atom. The van der Waals surface area contributed by atoms with Crippen LogP contribution in [0.3, 0.4) is 0 Å². The van der Waals surface area contributed by atoms with Crippen LogP contribution in [-0.2, 0) is 7.05 Å². The van der Waals surface area contributed by atoms with Crippen molar-refractivity contribution >= 4 is 33.4 Å². The van der Waals surface area contributed by atoms with E-state index < -0.39 is 0 Å². The number of aromatic nitrogens is 2. The molecule has 4 aromatic rings. The first kappa shape index (κ1) is 12.7. The van der Waals surface area contributed by atoms with Crippen LogP contribution in [0.25, 0.3) is 21.8 Å². The van der Waals surface area contributed by atoms with E-state index in [0.717, 1.165) is 27.5 Å². The highest BCUT2D eigenvalue weighted by Gasteiger charge is 2.12. The number of hydrogen-bond donors (Lipinski definition) is 2. The zero-order valence-electron chi connectivity index (χ0n) is 12.1. The summed E-state index contributed by atoms with van der Waals surface area (Å²) in [6.07, 6.45) is 3.86. The number of aromatic amines is 1. The Morgan fingerprint density at radius 2 is 2.00 bits per heavy atom. The number of para-hydroxylation sites is 1. The van der Waals surface area contributed by atoms with Crippen LogP contribution in [0.15, 0.2) is 60.9 Å². The van der Waals surface area contributed by atoms with Crippen molar-refractivity contribution in [1.29, 1.82) is 0 Å². The van der Waals surface area contributed by atoms with Gasteiger partial charge in [-0.25, -0.2) is 0 Å². The molecule has 0 bridgehead atoms. The Morgan fingerprint density at radius 1 is 1.09 bits per heavy atom. The lowest BCUT2D eigenvalue weighted by atomic mass is 10.1. The molecule has 0 fully saturated rings. The maximum absolute atomic E-state index is 12.6. The molecule has 2 N–H and O–H groups in total. The normalized spacial score (nSPS) is 11.1. The minimum Gasteiger partial charge on any atom is -0.361 e. The van der Waals surface area contributed by atoms with E-state index in [2.05, 4.69) is 10.3 Å². The molecule has 0 saturated carbocycles. The van der Waals surface area contributed by atoms with Gasteiger partial charge in [0.25, 0.3) is 5.91 Å². The maximum atomic E-state index is 12.6. The summed E-state index contributed by atoms with van der Waals surface area (Å²) in [7, 11) is 1.95. The van der Waals surface area contributed by atoms with Crippen molar-refractivity contribution in [3.05, 3.63) is 66.5 Å². The molecule has 0 unspecified atom stereocenters. The number of rotatable bonds is 2. The third kappa shape index (κ3) is 1.97. The summed E-state index contributed by atoms with van der Waals surface area (Å²) in [4.78, 5) is 15.8. The predicted octanol–water partition coefficient (Wildman–Crippen LogP) is 3.91. The van der Waals surface area contributed by atoms with Crippen LogP contribution in [0, 0.1) is 0 Å². The summed E-state index contributed by atoms with van der Waals surface area (Å²) in [5.41, 5.74) is 3.48. The molecule has 0 radical (unpaired) electrons. The summed E-state index contributed by atoms with van der Waals surface area (Å²) in [6, 6.07) is 15.6. The van der Waals surface area contributed by atoms with E-state index >= 15 is 0 Å². The van der Waals surface area contributed by atoms with Gasteiger partial charge in [0.05, 0.1) is 11.1 Å². The average molecular weight is 289 g/mol. The highest BCUT2D eigenvalue weighted by molar-refractivity contribution is 6.12. The zero-order chi connectivity index (χ0) is 15.1. The van der Waals surface area contributed by atoms with Crippen molar-refractivity contribution in [3.8, 4) is 0 Å². The third-order valence-electron chi connectivity index (χ3n) is 3.95. The Hall–Kier alpha value is -3.01. The SMILES string of the molecule is Cn1ccc2cccc(C(=O)Nc3ccc4[nH]ccc4c3)c21. The first-order chi connectivity index (χ1) is 10.7. The largest absolute Gasteiger partial charge is 0.361 e. The summed E-state index contributed by atoms with van der Waals surface area (Å²) in [5, 5.41) is 5.13. The van der Waals surface area contributed by atoms with Gasteiger partial charge in [-0.05, 0) is 36.4 Å². The van der Waals surface area contributed by atoms with E-state index in [9.17, 15) is 4.79 Å². The number of hydrogen-bond acceptors (Lipinski definition) is 1. The van der Waals surface area contributed by atoms with Crippen molar-refractivity contribution in [1.82, 2.24) is 9.55 Å². The highest BCUT2D eigenvalue weighted by Crippen LogP contribution is 2.22. The second-order valence-corrected chi connectivity index (χ2v) is 5.40. The third-order valence-corrected chi connectivity index (χ3v) is 3.95. The molecule has 0 aliphatic heterocycles. The molecule has 1 amide bonds. The van der Waals surface area contributed by atoms with E-state index in [1.54, 1.807) is 0 Å². The fourth-order valence-electron chi connectivity index (χ4n) is 2.87. The molecule has 4 nitrogen and oxygen atoms in total. The number of fused-ring (bicyclic) bond motifs is 2. The standard InChI is InChI=1S/C18H15N3O/c1-21-10-8-12-3-2-4-15(17(12)21)18(22)20-14-5-6-16-13(11-14)7-9-19-16/h2-11,19H,1H3,(H,20,22). The monoisotopic (exact) mass is 289 g/mol. The molecule has 22 heavy (non-hydrogen) atoms. The second-order valence-electron chi connectivity index (χ2n) is 5.40. The van der Waals surface area contributed by atoms with E-state index in [-0.39, 0.29) is 5.91 Å². The topological polar surface area (TPSA) is 49.8 Å². The molecule has 0 spiro atoms. The van der Waals surface area contributed by atoms with Gasteiger partial charge in [-0.1, -0.05) is 12.1 Å². The number of anilines is 1. The van der Waals surface area contributed by atoms with Gasteiger partial charge in [0, 0.05) is 41.4 Å². The molecule has 4 heteroatoms. The molecule has 2 aromatic heterocycles. The van der Waals surface area contributed by atoms with E-state index in [1.807, 2.05) is 72.5 Å². The Labute approximate surface area is 127 Å². The van der Waals surface area contributed by atoms with Crippen molar-refractivity contribution in [2.24, 2.45) is 7.05 Å². The molecular formula is C18H15N3O. The predicted molar refractivity (Wildman–Crippen MR) is 89.2 cm³/mol. The molecule has 0 aliphatic carbocycles. The molecule has 2 heterocycles. The lowest BCUT2D eigenvalue weighted by molar-refractivity contribution is 0.102. The van der Waals surface area contributed by atoms with Crippen molar-refractivity contribution in [2.75, 3.05) is 5.32 Å². The molecule has 2 aromatic carbocycles. The number of carbonyl (C=O) groups excluding carboxylic acids is 1. The quantitative estimate of drug-likeness (QED) is 0.577. The molecular weight excluding hydrogens is 274 g/mol. The van der Waals surface area contributed by atoms with Crippen molar-refractivity contribution in [2.45, 2.75) is 0 Å². The van der Waals surface area contributed by atoms with E-state index in [0.29, 0.717) is 5.56 Å². The first-order valence-corrected chi connectivity index (χ1v) is 7.15. The fraction of sp³-hybridized carbons (Fsp3) is 0.0556. The van der Waals surface area contributed by atoms with Crippen LogP contribution in [0.4, 0.5) is 5.69 Å². The maximum Gasteiger partial charge on any atom is 0.257 e. The molecule has 0 saturated heterocycles. The van der Waals surface area contributed by atoms with Gasteiger partial charge in [0.2, 0.25) is 0 Å². The highest BCUT2D eigenvalue weighted by atomic mass is 16.1. The van der Waals surface area contributed by atoms with Gasteiger partial charge in [0.15, 0.2) is 0 Å². The van der Waals surface area contributed by atoms with Crippen molar-refractivity contribution < 1.29 is 4.79 Å². The zero-order valence-corrected chi connectivity index (χ0v) is 12.1. The number of nitrogens with zero attached hydrogens (tertiary/aromatic N) is 1. The summed E-state index contributed by atoms with van der Waals surface area (Å²) < 4.78 is 1.97. The van der Waals surface area contributed by atoms with E-state index in [1.165, 1.54) is 0 Å². The number of carbonyl (C=O) groups is 1. The number of aryl methyl sites for hydroxylation is 1. The average Bonchev–Trinajstić information content (AvgIpc) is 3.13. The van der Waals surface area contributed by atoms with E-state index in [4.69, 9.17) is 0 Å². The lowest BCUT2D eigenvalue weighted by Crippen LogP contribution is -2.13. The summed E-state index contributed by atoms with van der Waals surface area (Å²) >= 11 is 0. The Balaban J connectivity index is 1.72. The molecule has 108 valence electrons. The molecule has 4 rings (SSSR count). The van der Waals surface area contributed by atoms with Gasteiger partial charge >= 0.3 is 0 Å². The lowest BCUT2D eigenvalue weighted by Gasteiger charge is -2.08. The van der Waals surface area contributed by atoms with Gasteiger partial charge in [-0.3, -0.25) is 4.79 Å². The van der Waals surface area contributed by atoms with Crippen LogP contribution in [0.1, 0.15) is 10.4 Å². The number of benzene rings is 2. The summed E-state index contributed by atoms with van der Waals surface area (Å²) in [6.45, 7) is 0. The number of H-pyrrole nitrogens is 1. The smallest absolute Gasteiger partial charge is 0.257 e. The molecule has 0 atom stereocenters. The van der Waals surface area contributed by atoms with Crippen LogP contribution in [-0.4, -0.2) is 15.5 Å². The van der Waals surface area contributed by atoms with Crippen LogP contribution >= 0.6 is 0 Å². The Kier molecular flexibility index (Phi) is 2.76. The number of nitrogens with one attached hydrogen (secondary N) is 2. The first-order valence-electron chi connectivity index (χ1n) is 7.15. The summed E-state index contributed by atoms with van der Waals surface area (Å²) in [5.74, 6) is -0.0951. The fourth-order valence-corrected chi connectivity index (χ4v) is 2.87. The van der Waals surface area contributed by atoms with Gasteiger partial charge in [-0.15, -0.1) is 0 Å². The minimum atomic E-state index is -0.0951. The van der Waals surface area contributed by atoms with Crippen LogP contribution < -0.4 is 5.32 Å². The van der Waals surface area contributed by atoms with Gasteiger partial charge < -0.3 is 14.9 Å².